The number of nitrogens with two attached hydrogens (primary N) is 1. The first kappa shape index (κ1) is 13.8. The summed E-state index contributed by atoms with van der Waals surface area (Å²) in [6.45, 7) is 5.05. The van der Waals surface area contributed by atoms with Crippen molar-refractivity contribution in [2.45, 2.75) is 26.4 Å². The molecule has 4 nitrogen and oxygen atoms in total. The second-order valence-corrected chi connectivity index (χ2v) is 5.40. The van der Waals surface area contributed by atoms with Crippen molar-refractivity contribution in [1.29, 1.82) is 0 Å². The van der Waals surface area contributed by atoms with Crippen LogP contribution in [0.15, 0.2) is 41.1 Å². The lowest BCUT2D eigenvalue weighted by atomic mass is 10.2. The Morgan fingerprint density at radius 1 is 1.21 bits per heavy atom. The van der Waals surface area contributed by atoms with Crippen LogP contribution in [-0.2, 0) is 6.54 Å². The number of nitrogens with zero attached hydrogens (tertiary/aromatic N) is 3. The zero-order valence-electron chi connectivity index (χ0n) is 11.0. The van der Waals surface area contributed by atoms with Crippen LogP contribution < -0.4 is 10.6 Å². The highest BCUT2D eigenvalue weighted by Crippen LogP contribution is 2.29. The fourth-order valence-electron chi connectivity index (χ4n) is 1.86. The molecule has 0 saturated carbocycles. The van der Waals surface area contributed by atoms with Crippen LogP contribution in [0.1, 0.15) is 19.4 Å². The number of anilines is 2. The van der Waals surface area contributed by atoms with Crippen molar-refractivity contribution in [2.75, 3.05) is 10.6 Å². The maximum absolute atomic E-state index is 5.83. The maximum atomic E-state index is 5.83. The van der Waals surface area contributed by atoms with Crippen molar-refractivity contribution >= 4 is 27.6 Å². The zero-order valence-corrected chi connectivity index (χ0v) is 12.6. The van der Waals surface area contributed by atoms with E-state index in [1.54, 1.807) is 0 Å². The van der Waals surface area contributed by atoms with Gasteiger partial charge in [0, 0.05) is 12.6 Å². The van der Waals surface area contributed by atoms with Crippen molar-refractivity contribution in [1.82, 2.24) is 9.97 Å². The molecule has 0 aliphatic carbocycles. The van der Waals surface area contributed by atoms with Gasteiger partial charge in [-0.25, -0.2) is 9.97 Å². The number of aromatic nitrogens is 2. The number of hydrogen-bond acceptors (Lipinski definition) is 4. The first-order valence-corrected chi connectivity index (χ1v) is 6.95. The highest BCUT2D eigenvalue weighted by Gasteiger charge is 2.17. The molecule has 0 spiro atoms. The van der Waals surface area contributed by atoms with Gasteiger partial charge in [0.1, 0.15) is 22.4 Å². The third kappa shape index (κ3) is 3.23. The van der Waals surface area contributed by atoms with Crippen molar-refractivity contribution in [3.8, 4) is 0 Å². The van der Waals surface area contributed by atoms with E-state index in [9.17, 15) is 0 Å². The van der Waals surface area contributed by atoms with E-state index in [0.717, 1.165) is 16.8 Å². The molecule has 19 heavy (non-hydrogen) atoms. The number of nitrogen functional groups attached to an aromatic ring is 1. The molecule has 2 N–H and O–H groups in total. The topological polar surface area (TPSA) is 55.0 Å². The maximum Gasteiger partial charge on any atom is 0.149 e. The summed E-state index contributed by atoms with van der Waals surface area (Å²) in [4.78, 5) is 10.5. The molecule has 1 heterocycles. The van der Waals surface area contributed by atoms with Gasteiger partial charge in [-0.15, -0.1) is 0 Å². The Morgan fingerprint density at radius 2 is 1.89 bits per heavy atom. The van der Waals surface area contributed by atoms with E-state index in [0.29, 0.717) is 11.9 Å². The van der Waals surface area contributed by atoms with Gasteiger partial charge in [-0.05, 0) is 35.3 Å². The Balaban J connectivity index is 2.33. The van der Waals surface area contributed by atoms with Crippen molar-refractivity contribution in [3.05, 3.63) is 46.7 Å². The fraction of sp³-hybridized carbons (Fsp3) is 0.286. The van der Waals surface area contributed by atoms with Crippen LogP contribution in [0.2, 0.25) is 0 Å². The summed E-state index contributed by atoms with van der Waals surface area (Å²) in [5.41, 5.74) is 7.06. The monoisotopic (exact) mass is 320 g/mol. The quantitative estimate of drug-likeness (QED) is 0.939. The Labute approximate surface area is 121 Å². The molecule has 0 amide bonds. The third-order valence-electron chi connectivity index (χ3n) is 2.89. The van der Waals surface area contributed by atoms with E-state index < -0.39 is 0 Å². The minimum absolute atomic E-state index is 0.311. The van der Waals surface area contributed by atoms with Crippen LogP contribution in [0, 0.1) is 0 Å². The Hall–Kier alpha value is -1.62. The molecule has 1 aromatic heterocycles. The van der Waals surface area contributed by atoms with Gasteiger partial charge in [0.2, 0.25) is 0 Å². The highest BCUT2D eigenvalue weighted by atomic mass is 79.9. The molecule has 0 bridgehead atoms. The lowest BCUT2D eigenvalue weighted by molar-refractivity contribution is 0.670. The molecule has 2 rings (SSSR count). The van der Waals surface area contributed by atoms with Crippen LogP contribution in [0.5, 0.6) is 0 Å². The van der Waals surface area contributed by atoms with Gasteiger partial charge < -0.3 is 10.6 Å². The summed E-state index contributed by atoms with van der Waals surface area (Å²) in [6, 6.07) is 10.6. The molecule has 0 unspecified atom stereocenters. The van der Waals surface area contributed by atoms with Crippen LogP contribution in [0.4, 0.5) is 11.6 Å². The van der Waals surface area contributed by atoms with E-state index in [-0.39, 0.29) is 0 Å². The summed E-state index contributed by atoms with van der Waals surface area (Å²) < 4.78 is 0.750. The van der Waals surface area contributed by atoms with Crippen LogP contribution >= 0.6 is 15.9 Å². The SMILES string of the molecule is CC(C)N(Cc1ccccc1)c1ncnc(N)c1Br. The van der Waals surface area contributed by atoms with Crippen LogP contribution in [-0.4, -0.2) is 16.0 Å². The molecule has 1 aromatic carbocycles. The molecule has 0 aliphatic heterocycles. The molecule has 0 radical (unpaired) electrons. The second-order valence-electron chi connectivity index (χ2n) is 4.60. The lowest BCUT2D eigenvalue weighted by Gasteiger charge is -2.28. The van der Waals surface area contributed by atoms with E-state index in [2.05, 4.69) is 56.8 Å². The van der Waals surface area contributed by atoms with Crippen molar-refractivity contribution in [3.63, 3.8) is 0 Å². The van der Waals surface area contributed by atoms with Crippen LogP contribution in [0.3, 0.4) is 0 Å². The first-order chi connectivity index (χ1) is 9.09. The van der Waals surface area contributed by atoms with Gasteiger partial charge >= 0.3 is 0 Å². The van der Waals surface area contributed by atoms with E-state index in [4.69, 9.17) is 5.73 Å². The number of hydrogen-bond donors (Lipinski definition) is 1. The zero-order chi connectivity index (χ0) is 13.8. The average Bonchev–Trinajstić information content (AvgIpc) is 2.40. The van der Waals surface area contributed by atoms with Gasteiger partial charge in [0.15, 0.2) is 0 Å². The molecule has 5 heteroatoms. The molecule has 0 fully saturated rings. The summed E-state index contributed by atoms with van der Waals surface area (Å²) in [7, 11) is 0. The minimum Gasteiger partial charge on any atom is -0.383 e. The van der Waals surface area contributed by atoms with E-state index >= 15 is 0 Å². The third-order valence-corrected chi connectivity index (χ3v) is 3.65. The average molecular weight is 321 g/mol. The highest BCUT2D eigenvalue weighted by molar-refractivity contribution is 9.10. The van der Waals surface area contributed by atoms with Crippen molar-refractivity contribution < 1.29 is 0 Å². The molecule has 0 saturated heterocycles. The summed E-state index contributed by atoms with van der Waals surface area (Å²) in [6.07, 6.45) is 1.50. The fourth-order valence-corrected chi connectivity index (χ4v) is 2.29. The molecule has 0 aliphatic rings. The molecular formula is C14H17BrN4. The second kappa shape index (κ2) is 6.02. The van der Waals surface area contributed by atoms with Gasteiger partial charge in [0.25, 0.3) is 0 Å². The lowest BCUT2D eigenvalue weighted by Crippen LogP contribution is -2.31. The first-order valence-electron chi connectivity index (χ1n) is 6.16. The molecular weight excluding hydrogens is 304 g/mol. The summed E-state index contributed by atoms with van der Waals surface area (Å²) in [5, 5.41) is 0. The largest absolute Gasteiger partial charge is 0.383 e. The standard InChI is InChI=1S/C14H17BrN4/c1-10(2)19(8-11-6-4-3-5-7-11)14-12(15)13(16)17-9-18-14/h3-7,9-10H,8H2,1-2H3,(H2,16,17,18). The normalized spacial score (nSPS) is 10.7. The Bertz CT molecular complexity index is 542. The van der Waals surface area contributed by atoms with Gasteiger partial charge in [0.05, 0.1) is 0 Å². The number of rotatable bonds is 4. The smallest absolute Gasteiger partial charge is 0.149 e. The predicted molar refractivity (Wildman–Crippen MR) is 81.9 cm³/mol. The Morgan fingerprint density at radius 3 is 2.53 bits per heavy atom. The van der Waals surface area contributed by atoms with Crippen molar-refractivity contribution in [2.24, 2.45) is 0 Å². The molecule has 100 valence electrons. The van der Waals surface area contributed by atoms with Gasteiger partial charge in [-0.2, -0.15) is 0 Å². The van der Waals surface area contributed by atoms with Crippen LogP contribution in [0.25, 0.3) is 0 Å². The summed E-state index contributed by atoms with van der Waals surface area (Å²) >= 11 is 3.47. The van der Waals surface area contributed by atoms with E-state index in [1.165, 1.54) is 11.9 Å². The van der Waals surface area contributed by atoms with E-state index in [1.807, 2.05) is 18.2 Å². The number of halogens is 1. The van der Waals surface area contributed by atoms with Gasteiger partial charge in [-0.3, -0.25) is 0 Å². The predicted octanol–water partition coefficient (Wildman–Crippen LogP) is 3.24. The molecule has 2 aromatic rings. The molecule has 0 atom stereocenters. The number of benzene rings is 1. The minimum atomic E-state index is 0.311. The Kier molecular flexibility index (Phi) is 4.37. The summed E-state index contributed by atoms with van der Waals surface area (Å²) in [5.74, 6) is 1.29. The van der Waals surface area contributed by atoms with Gasteiger partial charge in [-0.1, -0.05) is 30.3 Å².